The van der Waals surface area contributed by atoms with Crippen LogP contribution in [0.4, 0.5) is 4.39 Å². The van der Waals surface area contributed by atoms with Gasteiger partial charge in [-0.15, -0.1) is 0 Å². The minimum absolute atomic E-state index is 0.222. The molecule has 1 aliphatic heterocycles. The minimum Gasteiger partial charge on any atom is -0.368 e. The molecule has 0 spiro atoms. The third-order valence-corrected chi connectivity index (χ3v) is 5.10. The van der Waals surface area contributed by atoms with Gasteiger partial charge >= 0.3 is 5.69 Å². The van der Waals surface area contributed by atoms with Crippen molar-refractivity contribution in [3.8, 4) is 0 Å². The van der Waals surface area contributed by atoms with Crippen LogP contribution < -0.4 is 11.2 Å². The Bertz CT molecular complexity index is 1220. The molecule has 0 unspecified atom stereocenters. The topological polar surface area (TPSA) is 86.4 Å². The SMILES string of the molecule is Cn1c(=O)c2ccc([C@H]3CN(C(=O)c4ccc(F)cc4)CCO3)nc2n(C)c1=O. The van der Waals surface area contributed by atoms with Gasteiger partial charge in [-0.2, -0.15) is 0 Å². The number of fused-ring (bicyclic) bond motifs is 1. The molecule has 0 radical (unpaired) electrons. The highest BCUT2D eigenvalue weighted by molar-refractivity contribution is 5.94. The summed E-state index contributed by atoms with van der Waals surface area (Å²) >= 11 is 0. The molecule has 1 fully saturated rings. The highest BCUT2D eigenvalue weighted by atomic mass is 19.1. The summed E-state index contributed by atoms with van der Waals surface area (Å²) in [5, 5.41) is 0.327. The maximum absolute atomic E-state index is 13.1. The molecule has 3 aromatic rings. The van der Waals surface area contributed by atoms with Crippen LogP contribution in [0, 0.1) is 5.82 Å². The average Bonchev–Trinajstić information content (AvgIpc) is 2.76. The zero-order valence-corrected chi connectivity index (χ0v) is 16.0. The lowest BCUT2D eigenvalue weighted by atomic mass is 10.1. The number of ether oxygens (including phenoxy) is 1. The Balaban J connectivity index is 1.65. The van der Waals surface area contributed by atoms with Crippen molar-refractivity contribution in [2.75, 3.05) is 19.7 Å². The van der Waals surface area contributed by atoms with E-state index in [1.54, 1.807) is 24.1 Å². The molecule has 0 saturated carbocycles. The van der Waals surface area contributed by atoms with Gasteiger partial charge in [0.1, 0.15) is 17.6 Å². The molecule has 2 aromatic heterocycles. The molecule has 1 aliphatic rings. The van der Waals surface area contributed by atoms with Crippen LogP contribution in [0.3, 0.4) is 0 Å². The van der Waals surface area contributed by atoms with E-state index in [0.29, 0.717) is 29.8 Å². The van der Waals surface area contributed by atoms with Gasteiger partial charge in [0.2, 0.25) is 0 Å². The number of hydrogen-bond donors (Lipinski definition) is 0. The van der Waals surface area contributed by atoms with E-state index in [9.17, 15) is 18.8 Å². The monoisotopic (exact) mass is 398 g/mol. The molecule has 0 aliphatic carbocycles. The fourth-order valence-corrected chi connectivity index (χ4v) is 3.44. The smallest absolute Gasteiger partial charge is 0.332 e. The summed E-state index contributed by atoms with van der Waals surface area (Å²) in [5.41, 5.74) is 0.299. The van der Waals surface area contributed by atoms with Gasteiger partial charge in [0, 0.05) is 26.2 Å². The summed E-state index contributed by atoms with van der Waals surface area (Å²) in [5.74, 6) is -0.626. The number of aryl methyl sites for hydroxylation is 1. The summed E-state index contributed by atoms with van der Waals surface area (Å²) < 4.78 is 21.2. The van der Waals surface area contributed by atoms with E-state index < -0.39 is 23.2 Å². The van der Waals surface area contributed by atoms with Gasteiger partial charge in [0.15, 0.2) is 0 Å². The fraction of sp³-hybridized carbons (Fsp3) is 0.300. The van der Waals surface area contributed by atoms with Crippen LogP contribution in [0.15, 0.2) is 46.0 Å². The fourth-order valence-electron chi connectivity index (χ4n) is 3.44. The largest absolute Gasteiger partial charge is 0.368 e. The van der Waals surface area contributed by atoms with Crippen LogP contribution in [0.5, 0.6) is 0 Å². The van der Waals surface area contributed by atoms with Gasteiger partial charge in [0.05, 0.1) is 24.2 Å². The lowest BCUT2D eigenvalue weighted by Gasteiger charge is -2.32. The number of carbonyl (C=O) groups excluding carboxylic acids is 1. The third-order valence-electron chi connectivity index (χ3n) is 5.10. The molecular weight excluding hydrogens is 379 g/mol. The van der Waals surface area contributed by atoms with Crippen molar-refractivity contribution in [3.05, 3.63) is 74.3 Å². The highest BCUT2D eigenvalue weighted by Gasteiger charge is 2.27. The Kier molecular flexibility index (Phi) is 4.75. The molecule has 4 rings (SSSR count). The van der Waals surface area contributed by atoms with Crippen LogP contribution in [0.2, 0.25) is 0 Å². The van der Waals surface area contributed by atoms with Crippen molar-refractivity contribution >= 4 is 16.9 Å². The first-order valence-electron chi connectivity index (χ1n) is 9.10. The predicted molar refractivity (Wildman–Crippen MR) is 103 cm³/mol. The van der Waals surface area contributed by atoms with E-state index in [-0.39, 0.29) is 18.1 Å². The maximum atomic E-state index is 13.1. The number of morpholine rings is 1. The molecule has 150 valence electrons. The first-order valence-corrected chi connectivity index (χ1v) is 9.10. The van der Waals surface area contributed by atoms with Crippen LogP contribution in [-0.2, 0) is 18.8 Å². The number of pyridine rings is 1. The van der Waals surface area contributed by atoms with Gasteiger partial charge in [-0.05, 0) is 36.4 Å². The van der Waals surface area contributed by atoms with E-state index >= 15 is 0 Å². The molecule has 0 N–H and O–H groups in total. The van der Waals surface area contributed by atoms with Crippen molar-refractivity contribution < 1.29 is 13.9 Å². The summed E-state index contributed by atoms with van der Waals surface area (Å²) in [4.78, 5) is 43.3. The van der Waals surface area contributed by atoms with E-state index in [4.69, 9.17) is 4.74 Å². The van der Waals surface area contributed by atoms with Crippen molar-refractivity contribution in [2.45, 2.75) is 6.10 Å². The van der Waals surface area contributed by atoms with Gasteiger partial charge in [0.25, 0.3) is 11.5 Å². The second-order valence-corrected chi connectivity index (χ2v) is 6.93. The summed E-state index contributed by atoms with van der Waals surface area (Å²) in [6.45, 7) is 0.972. The van der Waals surface area contributed by atoms with Gasteiger partial charge in [-0.3, -0.25) is 18.7 Å². The summed E-state index contributed by atoms with van der Waals surface area (Å²) in [7, 11) is 2.97. The zero-order valence-electron chi connectivity index (χ0n) is 16.0. The Morgan fingerprint density at radius 1 is 1.10 bits per heavy atom. The Labute approximate surface area is 164 Å². The third kappa shape index (κ3) is 3.33. The lowest BCUT2D eigenvalue weighted by molar-refractivity contribution is -0.0246. The predicted octanol–water partition coefficient (Wildman–Crippen LogP) is 0.985. The van der Waals surface area contributed by atoms with E-state index in [2.05, 4.69) is 4.98 Å². The van der Waals surface area contributed by atoms with Gasteiger partial charge in [-0.25, -0.2) is 14.2 Å². The molecule has 1 aromatic carbocycles. The van der Waals surface area contributed by atoms with E-state index in [1.807, 2.05) is 0 Å². The van der Waals surface area contributed by atoms with Crippen molar-refractivity contribution in [2.24, 2.45) is 14.1 Å². The second-order valence-electron chi connectivity index (χ2n) is 6.93. The zero-order chi connectivity index (χ0) is 20.7. The first-order chi connectivity index (χ1) is 13.9. The number of halogens is 1. The van der Waals surface area contributed by atoms with Crippen LogP contribution in [0.1, 0.15) is 22.2 Å². The summed E-state index contributed by atoms with van der Waals surface area (Å²) in [6.07, 6.45) is -0.503. The number of hydrogen-bond acceptors (Lipinski definition) is 5. The number of nitrogens with zero attached hydrogens (tertiary/aromatic N) is 4. The number of benzene rings is 1. The number of aromatic nitrogens is 3. The second kappa shape index (κ2) is 7.25. The van der Waals surface area contributed by atoms with Crippen LogP contribution in [0.25, 0.3) is 11.0 Å². The molecule has 1 saturated heterocycles. The minimum atomic E-state index is -0.503. The molecular formula is C20H19FN4O4. The molecule has 29 heavy (non-hydrogen) atoms. The average molecular weight is 398 g/mol. The Hall–Kier alpha value is -3.33. The van der Waals surface area contributed by atoms with Gasteiger partial charge < -0.3 is 9.64 Å². The van der Waals surface area contributed by atoms with Crippen molar-refractivity contribution in [1.29, 1.82) is 0 Å². The van der Waals surface area contributed by atoms with E-state index in [1.165, 1.54) is 35.9 Å². The molecule has 1 amide bonds. The normalized spacial score (nSPS) is 16.9. The Morgan fingerprint density at radius 3 is 2.55 bits per heavy atom. The van der Waals surface area contributed by atoms with E-state index in [0.717, 1.165) is 4.57 Å². The standard InChI is InChI=1S/C20H19FN4O4/c1-23-17-14(19(27)24(2)20(23)28)7-8-15(22-17)16-11-25(9-10-29-16)18(26)12-3-5-13(21)6-4-12/h3-8,16H,9-11H2,1-2H3/t16-/m1/s1. The summed E-state index contributed by atoms with van der Waals surface area (Å²) in [6, 6.07) is 8.67. The molecule has 3 heterocycles. The molecule has 1 atom stereocenters. The van der Waals surface area contributed by atoms with Crippen LogP contribution >= 0.6 is 0 Å². The molecule has 0 bridgehead atoms. The number of rotatable bonds is 2. The van der Waals surface area contributed by atoms with Crippen molar-refractivity contribution in [1.82, 2.24) is 19.0 Å². The Morgan fingerprint density at radius 2 is 1.83 bits per heavy atom. The van der Waals surface area contributed by atoms with Crippen LogP contribution in [-0.4, -0.2) is 44.6 Å². The first kappa shape index (κ1) is 19.0. The molecule has 8 nitrogen and oxygen atoms in total. The highest BCUT2D eigenvalue weighted by Crippen LogP contribution is 2.23. The number of carbonyl (C=O) groups is 1. The van der Waals surface area contributed by atoms with Gasteiger partial charge in [-0.1, -0.05) is 0 Å². The van der Waals surface area contributed by atoms with Crippen molar-refractivity contribution in [3.63, 3.8) is 0 Å². The quantitative estimate of drug-likeness (QED) is 0.643. The number of amides is 1. The molecule has 9 heteroatoms. The lowest BCUT2D eigenvalue weighted by Crippen LogP contribution is -2.42. The maximum Gasteiger partial charge on any atom is 0.332 e.